The molecule has 2 aromatic heterocycles. The third kappa shape index (κ3) is 2.52. The van der Waals surface area contributed by atoms with Gasteiger partial charge >= 0.3 is 0 Å². The van der Waals surface area contributed by atoms with Crippen molar-refractivity contribution in [3.05, 3.63) is 65.9 Å². The van der Waals surface area contributed by atoms with E-state index in [1.54, 1.807) is 19.4 Å². The first-order chi connectivity index (χ1) is 12.6. The van der Waals surface area contributed by atoms with E-state index in [1.807, 2.05) is 49.4 Å². The summed E-state index contributed by atoms with van der Waals surface area (Å²) in [4.78, 5) is 11.5. The van der Waals surface area contributed by atoms with Gasteiger partial charge in [0.1, 0.15) is 5.75 Å². The molecule has 4 aromatic rings. The number of primary amides is 1. The summed E-state index contributed by atoms with van der Waals surface area (Å²) in [6, 6.07) is 15.4. The Balaban J connectivity index is 2.03. The maximum absolute atomic E-state index is 11.5. The summed E-state index contributed by atoms with van der Waals surface area (Å²) < 4.78 is 7.46. The van der Waals surface area contributed by atoms with Crippen LogP contribution in [0.3, 0.4) is 0 Å². The fourth-order valence-electron chi connectivity index (χ4n) is 3.23. The van der Waals surface area contributed by atoms with Crippen LogP contribution in [0.25, 0.3) is 28.0 Å². The number of benzene rings is 2. The number of H-pyrrole nitrogens is 1. The summed E-state index contributed by atoms with van der Waals surface area (Å²) in [5.74, 6) is 0.366. The Kier molecular flexibility index (Phi) is 3.73. The van der Waals surface area contributed by atoms with E-state index in [0.717, 1.165) is 39.3 Å². The molecule has 0 atom stereocenters. The summed E-state index contributed by atoms with van der Waals surface area (Å²) in [7, 11) is 1.65. The number of fused-ring (bicyclic) bond motifs is 1. The van der Waals surface area contributed by atoms with Crippen molar-refractivity contribution in [3.63, 3.8) is 0 Å². The molecule has 26 heavy (non-hydrogen) atoms. The van der Waals surface area contributed by atoms with Crippen LogP contribution in [0.2, 0.25) is 0 Å². The van der Waals surface area contributed by atoms with E-state index >= 15 is 0 Å². The van der Waals surface area contributed by atoms with Crippen molar-refractivity contribution in [1.29, 1.82) is 0 Å². The van der Waals surface area contributed by atoms with E-state index in [2.05, 4.69) is 14.8 Å². The molecule has 0 saturated heterocycles. The first-order valence-electron chi connectivity index (χ1n) is 8.18. The van der Waals surface area contributed by atoms with Gasteiger partial charge < -0.3 is 15.0 Å². The molecule has 0 radical (unpaired) electrons. The molecule has 0 saturated carbocycles. The second kappa shape index (κ2) is 6.07. The number of ether oxygens (including phenoxy) is 1. The number of amides is 1. The van der Waals surface area contributed by atoms with Gasteiger partial charge in [-0.15, -0.1) is 0 Å². The fourth-order valence-corrected chi connectivity index (χ4v) is 3.23. The summed E-state index contributed by atoms with van der Waals surface area (Å²) in [5.41, 5.74) is 10.8. The molecule has 0 fully saturated rings. The van der Waals surface area contributed by atoms with Crippen LogP contribution in [-0.2, 0) is 0 Å². The number of carbonyl (C=O) groups is 1. The van der Waals surface area contributed by atoms with Gasteiger partial charge in [0.25, 0.3) is 0 Å². The van der Waals surface area contributed by atoms with Gasteiger partial charge in [0, 0.05) is 22.8 Å². The number of rotatable bonds is 4. The second-order valence-electron chi connectivity index (χ2n) is 6.13. The Morgan fingerprint density at radius 3 is 2.65 bits per heavy atom. The van der Waals surface area contributed by atoms with Gasteiger partial charge in [-0.3, -0.25) is 9.89 Å². The number of hydrogen-bond acceptors (Lipinski definition) is 3. The number of carbonyl (C=O) groups excluding carboxylic acids is 1. The maximum Gasteiger partial charge on any atom is 0.248 e. The van der Waals surface area contributed by atoms with Gasteiger partial charge in [-0.05, 0) is 61.0 Å². The molecule has 6 nitrogen and oxygen atoms in total. The largest absolute Gasteiger partial charge is 0.497 e. The van der Waals surface area contributed by atoms with Crippen LogP contribution in [0.4, 0.5) is 0 Å². The smallest absolute Gasteiger partial charge is 0.248 e. The predicted molar refractivity (Wildman–Crippen MR) is 101 cm³/mol. The zero-order chi connectivity index (χ0) is 18.3. The first kappa shape index (κ1) is 16.0. The van der Waals surface area contributed by atoms with Crippen molar-refractivity contribution < 1.29 is 9.53 Å². The zero-order valence-corrected chi connectivity index (χ0v) is 14.5. The number of aryl methyl sites for hydroxylation is 1. The van der Waals surface area contributed by atoms with E-state index < -0.39 is 5.91 Å². The van der Waals surface area contributed by atoms with Crippen molar-refractivity contribution in [2.24, 2.45) is 5.73 Å². The Labute approximate surface area is 150 Å². The lowest BCUT2D eigenvalue weighted by Crippen LogP contribution is -2.10. The number of nitrogens with two attached hydrogens (primary N) is 1. The molecule has 3 N–H and O–H groups in total. The summed E-state index contributed by atoms with van der Waals surface area (Å²) >= 11 is 0. The molecule has 0 aliphatic heterocycles. The van der Waals surface area contributed by atoms with Crippen molar-refractivity contribution >= 4 is 16.8 Å². The van der Waals surface area contributed by atoms with E-state index in [0.29, 0.717) is 5.56 Å². The van der Waals surface area contributed by atoms with Crippen LogP contribution in [0, 0.1) is 6.92 Å². The number of hydrogen-bond donors (Lipinski definition) is 2. The highest BCUT2D eigenvalue weighted by molar-refractivity contribution is 5.99. The molecular formula is C20H18N4O2. The zero-order valence-electron chi connectivity index (χ0n) is 14.5. The van der Waals surface area contributed by atoms with E-state index in [-0.39, 0.29) is 0 Å². The maximum atomic E-state index is 11.5. The molecule has 0 aliphatic rings. The standard InChI is InChI=1S/C20H18N4O2/c1-12-9-15(26-2)4-6-17(12)24-18-5-3-13(20(21)25)10-14(18)11-19(24)16-7-8-22-23-16/h3-11H,1-2H3,(H2,21,25)(H,22,23). The molecule has 130 valence electrons. The Morgan fingerprint density at radius 1 is 1.15 bits per heavy atom. The molecular weight excluding hydrogens is 328 g/mol. The molecule has 1 amide bonds. The lowest BCUT2D eigenvalue weighted by Gasteiger charge is -2.14. The van der Waals surface area contributed by atoms with Crippen molar-refractivity contribution in [2.75, 3.05) is 7.11 Å². The Bertz CT molecular complexity index is 1110. The Morgan fingerprint density at radius 2 is 2.00 bits per heavy atom. The fraction of sp³-hybridized carbons (Fsp3) is 0.100. The highest BCUT2D eigenvalue weighted by atomic mass is 16.5. The monoisotopic (exact) mass is 346 g/mol. The number of nitrogens with zero attached hydrogens (tertiary/aromatic N) is 2. The summed E-state index contributed by atoms with van der Waals surface area (Å²) in [6.07, 6.45) is 1.72. The highest BCUT2D eigenvalue weighted by Gasteiger charge is 2.16. The first-order valence-corrected chi connectivity index (χ1v) is 8.18. The van der Waals surface area contributed by atoms with E-state index in [1.165, 1.54) is 0 Å². The van der Waals surface area contributed by atoms with Gasteiger partial charge in [-0.1, -0.05) is 0 Å². The molecule has 4 rings (SSSR count). The lowest BCUT2D eigenvalue weighted by molar-refractivity contribution is 0.100. The number of aromatic amines is 1. The molecule has 0 unspecified atom stereocenters. The number of methoxy groups -OCH3 is 1. The van der Waals surface area contributed by atoms with Crippen molar-refractivity contribution in [2.45, 2.75) is 6.92 Å². The van der Waals surface area contributed by atoms with Crippen LogP contribution < -0.4 is 10.5 Å². The molecule has 6 heteroatoms. The second-order valence-corrected chi connectivity index (χ2v) is 6.13. The van der Waals surface area contributed by atoms with Crippen LogP contribution in [0.15, 0.2) is 54.7 Å². The van der Waals surface area contributed by atoms with Gasteiger partial charge in [0.2, 0.25) is 5.91 Å². The van der Waals surface area contributed by atoms with Gasteiger partial charge in [-0.25, -0.2) is 0 Å². The molecule has 0 bridgehead atoms. The predicted octanol–water partition coefficient (Wildman–Crippen LogP) is 3.44. The van der Waals surface area contributed by atoms with Crippen LogP contribution >= 0.6 is 0 Å². The number of aromatic nitrogens is 3. The third-order valence-corrected chi connectivity index (χ3v) is 4.51. The normalized spacial score (nSPS) is 11.0. The Hall–Kier alpha value is -3.54. The lowest BCUT2D eigenvalue weighted by atomic mass is 10.1. The van der Waals surface area contributed by atoms with Crippen molar-refractivity contribution in [1.82, 2.24) is 14.8 Å². The van der Waals surface area contributed by atoms with Gasteiger partial charge in [0.05, 0.1) is 24.0 Å². The van der Waals surface area contributed by atoms with Gasteiger partial charge in [-0.2, -0.15) is 5.10 Å². The molecule has 2 heterocycles. The van der Waals surface area contributed by atoms with E-state index in [4.69, 9.17) is 10.5 Å². The van der Waals surface area contributed by atoms with Crippen LogP contribution in [0.5, 0.6) is 5.75 Å². The topological polar surface area (TPSA) is 85.9 Å². The minimum atomic E-state index is -0.441. The molecule has 0 spiro atoms. The van der Waals surface area contributed by atoms with Crippen molar-refractivity contribution in [3.8, 4) is 22.8 Å². The van der Waals surface area contributed by atoms with E-state index in [9.17, 15) is 4.79 Å². The summed E-state index contributed by atoms with van der Waals surface area (Å²) in [5, 5.41) is 8.02. The number of nitrogens with one attached hydrogen (secondary N) is 1. The molecule has 0 aliphatic carbocycles. The van der Waals surface area contributed by atoms with Crippen LogP contribution in [0.1, 0.15) is 15.9 Å². The van der Waals surface area contributed by atoms with Crippen LogP contribution in [-0.4, -0.2) is 27.8 Å². The average Bonchev–Trinajstić information content (AvgIpc) is 3.28. The summed E-state index contributed by atoms with van der Waals surface area (Å²) in [6.45, 7) is 2.04. The third-order valence-electron chi connectivity index (χ3n) is 4.51. The van der Waals surface area contributed by atoms with Gasteiger partial charge in [0.15, 0.2) is 0 Å². The molecule has 2 aromatic carbocycles. The minimum absolute atomic E-state index is 0.441. The minimum Gasteiger partial charge on any atom is -0.497 e. The average molecular weight is 346 g/mol. The SMILES string of the molecule is COc1ccc(-n2c(-c3ccn[nH]3)cc3cc(C(N)=O)ccc32)c(C)c1. The highest BCUT2D eigenvalue weighted by Crippen LogP contribution is 2.33. The quantitative estimate of drug-likeness (QED) is 0.593.